The van der Waals surface area contributed by atoms with Gasteiger partial charge in [0.1, 0.15) is 0 Å². The van der Waals surface area contributed by atoms with Crippen LogP contribution in [0.25, 0.3) is 0 Å². The summed E-state index contributed by atoms with van der Waals surface area (Å²) < 4.78 is 10.6. The molecule has 108 valence electrons. The number of aliphatic hydroxyl groups is 1. The van der Waals surface area contributed by atoms with Gasteiger partial charge in [0.05, 0.1) is 24.4 Å². The van der Waals surface area contributed by atoms with E-state index in [9.17, 15) is 9.90 Å². The zero-order valence-electron chi connectivity index (χ0n) is 11.9. The topological polar surface area (TPSA) is 59.0 Å². The molecule has 2 heterocycles. The number of ether oxygens (including phenoxy) is 2. The van der Waals surface area contributed by atoms with Gasteiger partial charge in [-0.3, -0.25) is 0 Å². The quantitative estimate of drug-likeness (QED) is 0.757. The monoisotopic (exact) mass is 269 g/mol. The Morgan fingerprint density at radius 1 is 1.68 bits per heavy atom. The molecule has 5 heteroatoms. The molecule has 0 aromatic heterocycles. The van der Waals surface area contributed by atoms with E-state index in [0.717, 1.165) is 25.1 Å². The van der Waals surface area contributed by atoms with Crippen LogP contribution in [0.4, 0.5) is 0 Å². The average molecular weight is 269 g/mol. The van der Waals surface area contributed by atoms with Crippen LogP contribution in [0.3, 0.4) is 0 Å². The van der Waals surface area contributed by atoms with E-state index in [0.29, 0.717) is 13.0 Å². The van der Waals surface area contributed by atoms with Crippen molar-refractivity contribution in [2.75, 3.05) is 20.3 Å². The Bertz CT molecular complexity index is 382. The summed E-state index contributed by atoms with van der Waals surface area (Å²) in [5.74, 6) is -0.368. The molecule has 1 saturated heterocycles. The molecule has 19 heavy (non-hydrogen) atoms. The summed E-state index contributed by atoms with van der Waals surface area (Å²) in [6, 6.07) is 0.258. The summed E-state index contributed by atoms with van der Waals surface area (Å²) in [5, 5.41) is 10.2. The third-order valence-electron chi connectivity index (χ3n) is 4.14. The molecule has 0 bridgehead atoms. The average Bonchev–Trinajstić information content (AvgIpc) is 2.94. The number of hydrogen-bond donors (Lipinski definition) is 1. The highest BCUT2D eigenvalue weighted by Crippen LogP contribution is 2.38. The van der Waals surface area contributed by atoms with Gasteiger partial charge in [-0.1, -0.05) is 6.92 Å². The lowest BCUT2D eigenvalue weighted by molar-refractivity contribution is -0.155. The molecule has 3 atom stereocenters. The minimum atomic E-state index is -0.928. The molecule has 0 aromatic rings. The number of likely N-dealkylation sites (tertiary alicyclic amines) is 1. The molecule has 0 spiro atoms. The van der Waals surface area contributed by atoms with E-state index in [1.807, 2.05) is 6.92 Å². The van der Waals surface area contributed by atoms with Gasteiger partial charge >= 0.3 is 5.97 Å². The van der Waals surface area contributed by atoms with Crippen LogP contribution < -0.4 is 0 Å². The van der Waals surface area contributed by atoms with Crippen LogP contribution in [0, 0.1) is 0 Å². The van der Waals surface area contributed by atoms with Crippen LogP contribution in [0.2, 0.25) is 0 Å². The maximum absolute atomic E-state index is 11.6. The van der Waals surface area contributed by atoms with Gasteiger partial charge in [-0.2, -0.15) is 0 Å². The van der Waals surface area contributed by atoms with Crippen molar-refractivity contribution in [2.24, 2.45) is 0 Å². The second kappa shape index (κ2) is 5.51. The molecule has 1 N–H and O–H groups in total. The van der Waals surface area contributed by atoms with Crippen LogP contribution in [-0.2, 0) is 14.3 Å². The molecular weight excluding hydrogens is 246 g/mol. The predicted octanol–water partition coefficient (Wildman–Crippen LogP) is 1.07. The lowest BCUT2D eigenvalue weighted by Crippen LogP contribution is -2.48. The minimum absolute atomic E-state index is 0.258. The number of methoxy groups -OCH3 is 1. The van der Waals surface area contributed by atoms with Crippen LogP contribution in [0.1, 0.15) is 33.1 Å². The first kappa shape index (κ1) is 14.3. The van der Waals surface area contributed by atoms with Gasteiger partial charge in [0.15, 0.2) is 5.60 Å². The lowest BCUT2D eigenvalue weighted by atomic mass is 9.92. The van der Waals surface area contributed by atoms with Gasteiger partial charge in [-0.25, -0.2) is 4.79 Å². The zero-order chi connectivity index (χ0) is 14.0. The smallest absolute Gasteiger partial charge is 0.333 e. The second-order valence-electron chi connectivity index (χ2n) is 5.43. The number of carbonyl (C=O) groups is 1. The number of esters is 1. The Balaban J connectivity index is 2.25. The van der Waals surface area contributed by atoms with E-state index < -0.39 is 11.7 Å². The van der Waals surface area contributed by atoms with Crippen molar-refractivity contribution in [1.82, 2.24) is 4.90 Å². The highest BCUT2D eigenvalue weighted by molar-refractivity contribution is 5.86. The molecule has 0 unspecified atom stereocenters. The van der Waals surface area contributed by atoms with Gasteiger partial charge in [-0.15, -0.1) is 0 Å². The van der Waals surface area contributed by atoms with Crippen molar-refractivity contribution in [2.45, 2.75) is 50.9 Å². The first-order valence-corrected chi connectivity index (χ1v) is 6.91. The van der Waals surface area contributed by atoms with Gasteiger partial charge in [0.25, 0.3) is 0 Å². The van der Waals surface area contributed by atoms with Crippen molar-refractivity contribution in [3.05, 3.63) is 11.8 Å². The Kier molecular flexibility index (Phi) is 4.16. The molecule has 2 aliphatic heterocycles. The van der Waals surface area contributed by atoms with E-state index >= 15 is 0 Å². The van der Waals surface area contributed by atoms with Gasteiger partial charge in [0, 0.05) is 19.7 Å². The molecule has 2 aliphatic rings. The fourth-order valence-electron chi connectivity index (χ4n) is 3.06. The number of carbonyl (C=O) groups excluding carboxylic acids is 1. The number of cyclic esters (lactones) is 1. The van der Waals surface area contributed by atoms with Gasteiger partial charge in [0.2, 0.25) is 0 Å². The summed E-state index contributed by atoms with van der Waals surface area (Å²) >= 11 is 0. The predicted molar refractivity (Wildman–Crippen MR) is 70.5 cm³/mol. The molecule has 2 rings (SSSR count). The molecule has 0 amide bonds. The zero-order valence-corrected chi connectivity index (χ0v) is 11.9. The molecular formula is C14H23NO4. The van der Waals surface area contributed by atoms with E-state index in [1.165, 1.54) is 6.08 Å². The highest BCUT2D eigenvalue weighted by atomic mass is 16.6. The third-order valence-corrected chi connectivity index (χ3v) is 4.14. The number of aliphatic hydroxyl groups excluding tert-OH is 1. The maximum Gasteiger partial charge on any atom is 0.333 e. The minimum Gasteiger partial charge on any atom is -0.447 e. The molecule has 0 saturated carbocycles. The Morgan fingerprint density at radius 2 is 2.42 bits per heavy atom. The van der Waals surface area contributed by atoms with Gasteiger partial charge < -0.3 is 19.5 Å². The van der Waals surface area contributed by atoms with E-state index in [4.69, 9.17) is 9.47 Å². The summed E-state index contributed by atoms with van der Waals surface area (Å²) in [5.41, 5.74) is -0.131. The summed E-state index contributed by atoms with van der Waals surface area (Å²) in [6.07, 6.45) is 3.49. The van der Waals surface area contributed by atoms with Crippen LogP contribution in [-0.4, -0.2) is 54.0 Å². The normalized spacial score (nSPS) is 32.4. The van der Waals surface area contributed by atoms with Gasteiger partial charge in [-0.05, 0) is 26.2 Å². The van der Waals surface area contributed by atoms with Crippen molar-refractivity contribution in [3.8, 4) is 0 Å². The summed E-state index contributed by atoms with van der Waals surface area (Å²) in [7, 11) is 1.68. The van der Waals surface area contributed by atoms with E-state index in [2.05, 4.69) is 4.90 Å². The van der Waals surface area contributed by atoms with Crippen molar-refractivity contribution in [1.29, 1.82) is 0 Å². The first-order chi connectivity index (χ1) is 9.02. The molecule has 5 nitrogen and oxygen atoms in total. The molecule has 1 fully saturated rings. The largest absolute Gasteiger partial charge is 0.447 e. The first-order valence-electron chi connectivity index (χ1n) is 6.91. The lowest BCUT2D eigenvalue weighted by Gasteiger charge is -2.38. The Labute approximate surface area is 114 Å². The second-order valence-corrected chi connectivity index (χ2v) is 5.43. The fourth-order valence-corrected chi connectivity index (χ4v) is 3.06. The van der Waals surface area contributed by atoms with Crippen molar-refractivity contribution in [3.63, 3.8) is 0 Å². The molecule has 0 radical (unpaired) electrons. The number of hydrogen-bond acceptors (Lipinski definition) is 5. The fraction of sp³-hybridized carbons (Fsp3) is 0.786. The highest BCUT2D eigenvalue weighted by Gasteiger charge is 2.48. The number of rotatable bonds is 5. The number of nitrogens with zero attached hydrogens (tertiary/aromatic N) is 1. The Hall–Kier alpha value is -1.07. The van der Waals surface area contributed by atoms with Crippen molar-refractivity contribution >= 4 is 5.97 Å². The van der Waals surface area contributed by atoms with Crippen molar-refractivity contribution < 1.29 is 19.4 Å². The van der Waals surface area contributed by atoms with Crippen LogP contribution in [0.5, 0.6) is 0 Å². The van der Waals surface area contributed by atoms with E-state index in [1.54, 1.807) is 14.0 Å². The van der Waals surface area contributed by atoms with E-state index in [-0.39, 0.29) is 12.0 Å². The summed E-state index contributed by atoms with van der Waals surface area (Å²) in [6.45, 7) is 5.18. The SMILES string of the molecule is CC[C@@H](O)[C@@]1(C)OC(=O)C=C1N1CCC[C@H]1COC. The standard InChI is InChI=1S/C14H23NO4/c1-4-12(16)14(2)11(8-13(17)19-14)15-7-5-6-10(15)9-18-3/h8,10,12,16H,4-7,9H2,1-3H3/t10-,12+,14-/m0/s1. The van der Waals surface area contributed by atoms with Crippen LogP contribution >= 0.6 is 0 Å². The Morgan fingerprint density at radius 3 is 3.05 bits per heavy atom. The molecule has 0 aliphatic carbocycles. The molecule has 0 aromatic carbocycles. The van der Waals surface area contributed by atoms with Crippen LogP contribution in [0.15, 0.2) is 11.8 Å². The third kappa shape index (κ3) is 2.49. The summed E-state index contributed by atoms with van der Waals surface area (Å²) in [4.78, 5) is 13.8. The maximum atomic E-state index is 11.6.